The van der Waals surface area contributed by atoms with E-state index in [1.807, 2.05) is 6.07 Å². The molecule has 2 aromatic rings. The lowest BCUT2D eigenvalue weighted by atomic mass is 10.1. The van der Waals surface area contributed by atoms with Gasteiger partial charge in [-0.15, -0.1) is 0 Å². The molecule has 1 saturated carbocycles. The largest absolute Gasteiger partial charge is 0.393 e. The Balaban J connectivity index is 1.68. The monoisotopic (exact) mass is 336 g/mol. The standard InChI is InChI=1S/C19H20N4O2/c20-11-13-6-8-15(9-7-13)23-19(25)16-4-2-10-21-18(16)22-12-14-3-1-5-17(14)24/h2,4,6-10,14,17,24H,1,3,5,12H2,(H,21,22)(H,23,25)/t14-,17-/m0/s1. The molecule has 0 radical (unpaired) electrons. The summed E-state index contributed by atoms with van der Waals surface area (Å²) < 4.78 is 0. The molecule has 6 nitrogen and oxygen atoms in total. The third kappa shape index (κ3) is 4.14. The highest BCUT2D eigenvalue weighted by Crippen LogP contribution is 2.26. The van der Waals surface area contributed by atoms with Crippen LogP contribution in [0, 0.1) is 17.2 Å². The number of pyridine rings is 1. The molecule has 0 bridgehead atoms. The highest BCUT2D eigenvalue weighted by atomic mass is 16.3. The molecule has 1 aromatic carbocycles. The minimum atomic E-state index is -0.285. The molecule has 0 spiro atoms. The van der Waals surface area contributed by atoms with Crippen LogP contribution in [0.3, 0.4) is 0 Å². The van der Waals surface area contributed by atoms with Gasteiger partial charge in [-0.25, -0.2) is 4.98 Å². The number of aliphatic hydroxyl groups excluding tert-OH is 1. The van der Waals surface area contributed by atoms with Crippen molar-refractivity contribution in [2.24, 2.45) is 5.92 Å². The molecule has 25 heavy (non-hydrogen) atoms. The molecule has 3 N–H and O–H groups in total. The van der Waals surface area contributed by atoms with Gasteiger partial charge in [-0.1, -0.05) is 6.42 Å². The highest BCUT2D eigenvalue weighted by Gasteiger charge is 2.25. The summed E-state index contributed by atoms with van der Waals surface area (Å²) in [6.07, 6.45) is 4.19. The van der Waals surface area contributed by atoms with Crippen molar-refractivity contribution >= 4 is 17.4 Å². The van der Waals surface area contributed by atoms with E-state index in [0.717, 1.165) is 19.3 Å². The molecule has 1 aromatic heterocycles. The Morgan fingerprint density at radius 2 is 2.08 bits per heavy atom. The van der Waals surface area contributed by atoms with E-state index in [0.29, 0.717) is 29.2 Å². The first kappa shape index (κ1) is 16.9. The van der Waals surface area contributed by atoms with Crippen LogP contribution in [-0.4, -0.2) is 28.6 Å². The first-order valence-corrected chi connectivity index (χ1v) is 8.36. The van der Waals surface area contributed by atoms with Gasteiger partial charge in [0.1, 0.15) is 5.82 Å². The Hall–Kier alpha value is -2.91. The topological polar surface area (TPSA) is 98.0 Å². The molecule has 1 aliphatic rings. The number of anilines is 2. The zero-order valence-electron chi connectivity index (χ0n) is 13.8. The van der Waals surface area contributed by atoms with Crippen molar-refractivity contribution in [1.82, 2.24) is 4.98 Å². The Labute approximate surface area is 146 Å². The number of benzene rings is 1. The summed E-state index contributed by atoms with van der Waals surface area (Å²) in [5, 5.41) is 24.7. The van der Waals surface area contributed by atoms with Gasteiger partial charge in [-0.05, 0) is 49.2 Å². The number of carbonyl (C=O) groups is 1. The van der Waals surface area contributed by atoms with Crippen molar-refractivity contribution in [3.63, 3.8) is 0 Å². The van der Waals surface area contributed by atoms with Crippen LogP contribution in [0.5, 0.6) is 0 Å². The van der Waals surface area contributed by atoms with Crippen molar-refractivity contribution in [2.75, 3.05) is 17.2 Å². The van der Waals surface area contributed by atoms with Gasteiger partial charge in [-0.3, -0.25) is 4.79 Å². The fourth-order valence-corrected chi connectivity index (χ4v) is 3.04. The zero-order valence-corrected chi connectivity index (χ0v) is 13.8. The van der Waals surface area contributed by atoms with Gasteiger partial charge >= 0.3 is 0 Å². The van der Waals surface area contributed by atoms with Crippen LogP contribution in [-0.2, 0) is 0 Å². The molecule has 3 rings (SSSR count). The van der Waals surface area contributed by atoms with E-state index in [4.69, 9.17) is 5.26 Å². The van der Waals surface area contributed by atoms with E-state index < -0.39 is 0 Å². The molecular formula is C19H20N4O2. The number of amides is 1. The average Bonchev–Trinajstić information content (AvgIpc) is 3.05. The third-order valence-electron chi connectivity index (χ3n) is 4.47. The molecule has 1 amide bonds. The van der Waals surface area contributed by atoms with Gasteiger partial charge in [0.15, 0.2) is 0 Å². The number of nitrogens with zero attached hydrogens (tertiary/aromatic N) is 2. The molecule has 1 fully saturated rings. The lowest BCUT2D eigenvalue weighted by Gasteiger charge is -2.17. The van der Waals surface area contributed by atoms with E-state index in [1.165, 1.54) is 0 Å². The molecule has 0 aliphatic heterocycles. The molecule has 2 atom stereocenters. The molecule has 0 saturated heterocycles. The van der Waals surface area contributed by atoms with Crippen LogP contribution in [0.1, 0.15) is 35.2 Å². The second-order valence-corrected chi connectivity index (χ2v) is 6.18. The highest BCUT2D eigenvalue weighted by molar-refractivity contribution is 6.07. The predicted octanol–water partition coefficient (Wildman–Crippen LogP) is 2.78. The fraction of sp³-hybridized carbons (Fsp3) is 0.316. The second-order valence-electron chi connectivity index (χ2n) is 6.18. The van der Waals surface area contributed by atoms with E-state index in [9.17, 15) is 9.90 Å². The average molecular weight is 336 g/mol. The minimum Gasteiger partial charge on any atom is -0.393 e. The Morgan fingerprint density at radius 3 is 2.76 bits per heavy atom. The van der Waals surface area contributed by atoms with E-state index in [1.54, 1.807) is 42.6 Å². The lowest BCUT2D eigenvalue weighted by molar-refractivity contribution is 0.102. The van der Waals surface area contributed by atoms with Crippen molar-refractivity contribution < 1.29 is 9.90 Å². The number of carbonyl (C=O) groups excluding carboxylic acids is 1. The van der Waals surface area contributed by atoms with Crippen LogP contribution in [0.15, 0.2) is 42.6 Å². The summed E-state index contributed by atoms with van der Waals surface area (Å²) >= 11 is 0. The fourth-order valence-electron chi connectivity index (χ4n) is 3.04. The number of aliphatic hydroxyl groups is 1. The van der Waals surface area contributed by atoms with Gasteiger partial charge in [0.05, 0.1) is 23.3 Å². The lowest BCUT2D eigenvalue weighted by Crippen LogP contribution is -2.24. The molecule has 128 valence electrons. The minimum absolute atomic E-state index is 0.191. The number of nitrogens with one attached hydrogen (secondary N) is 2. The van der Waals surface area contributed by atoms with Crippen LogP contribution in [0.4, 0.5) is 11.5 Å². The Kier molecular flexibility index (Phi) is 5.26. The molecule has 6 heteroatoms. The first-order chi connectivity index (χ1) is 12.2. The maximum absolute atomic E-state index is 12.5. The van der Waals surface area contributed by atoms with Crippen molar-refractivity contribution in [3.8, 4) is 6.07 Å². The van der Waals surface area contributed by atoms with Crippen molar-refractivity contribution in [2.45, 2.75) is 25.4 Å². The molecule has 1 aliphatic carbocycles. The summed E-state index contributed by atoms with van der Waals surface area (Å²) in [6.45, 7) is 0.593. The smallest absolute Gasteiger partial charge is 0.259 e. The Morgan fingerprint density at radius 1 is 1.28 bits per heavy atom. The van der Waals surface area contributed by atoms with Crippen LogP contribution >= 0.6 is 0 Å². The summed E-state index contributed by atoms with van der Waals surface area (Å²) in [6, 6.07) is 12.1. The summed E-state index contributed by atoms with van der Waals surface area (Å²) in [7, 11) is 0. The van der Waals surface area contributed by atoms with Gasteiger partial charge in [-0.2, -0.15) is 5.26 Å². The van der Waals surface area contributed by atoms with E-state index >= 15 is 0 Å². The number of aromatic nitrogens is 1. The van der Waals surface area contributed by atoms with Crippen LogP contribution < -0.4 is 10.6 Å². The van der Waals surface area contributed by atoms with Crippen molar-refractivity contribution in [1.29, 1.82) is 5.26 Å². The molecule has 1 heterocycles. The Bertz CT molecular complexity index is 783. The maximum Gasteiger partial charge on any atom is 0.259 e. The van der Waals surface area contributed by atoms with Crippen molar-refractivity contribution in [3.05, 3.63) is 53.7 Å². The first-order valence-electron chi connectivity index (χ1n) is 8.36. The number of rotatable bonds is 5. The van der Waals surface area contributed by atoms with E-state index in [2.05, 4.69) is 15.6 Å². The van der Waals surface area contributed by atoms with Gasteiger partial charge in [0, 0.05) is 24.3 Å². The van der Waals surface area contributed by atoms with E-state index in [-0.39, 0.29) is 17.9 Å². The summed E-state index contributed by atoms with van der Waals surface area (Å²) in [5.41, 5.74) is 1.60. The SMILES string of the molecule is N#Cc1ccc(NC(=O)c2cccnc2NC[C@@H]2CCC[C@@H]2O)cc1. The summed E-state index contributed by atoms with van der Waals surface area (Å²) in [4.78, 5) is 16.8. The quantitative estimate of drug-likeness (QED) is 0.780. The van der Waals surface area contributed by atoms with Crippen LogP contribution in [0.25, 0.3) is 0 Å². The molecular weight excluding hydrogens is 316 g/mol. The maximum atomic E-state index is 12.5. The summed E-state index contributed by atoms with van der Waals surface area (Å²) in [5.74, 6) is 0.427. The third-order valence-corrected chi connectivity index (χ3v) is 4.47. The van der Waals surface area contributed by atoms with Gasteiger partial charge in [0.25, 0.3) is 5.91 Å². The van der Waals surface area contributed by atoms with Gasteiger partial charge in [0.2, 0.25) is 0 Å². The normalized spacial score (nSPS) is 19.2. The molecule has 0 unspecified atom stereocenters. The zero-order chi connectivity index (χ0) is 17.6. The van der Waals surface area contributed by atoms with Crippen LogP contribution in [0.2, 0.25) is 0 Å². The second kappa shape index (κ2) is 7.77. The predicted molar refractivity (Wildman–Crippen MR) is 95.2 cm³/mol. The number of nitriles is 1. The number of hydrogen-bond acceptors (Lipinski definition) is 5. The number of hydrogen-bond donors (Lipinski definition) is 3. The van der Waals surface area contributed by atoms with Gasteiger partial charge < -0.3 is 15.7 Å².